The van der Waals surface area contributed by atoms with Crippen molar-refractivity contribution in [2.24, 2.45) is 0 Å². The van der Waals surface area contributed by atoms with Gasteiger partial charge in [-0.2, -0.15) is 0 Å². The van der Waals surface area contributed by atoms with Crippen LogP contribution in [0.15, 0.2) is 18.2 Å². The van der Waals surface area contributed by atoms with Crippen molar-refractivity contribution < 1.29 is 9.47 Å². The Labute approximate surface area is 126 Å². The largest absolute Gasteiger partial charge is 0.496 e. The third-order valence-electron chi connectivity index (χ3n) is 4.07. The average Bonchev–Trinajstić information content (AvgIpc) is 2.48. The van der Waals surface area contributed by atoms with Gasteiger partial charge in [0.25, 0.3) is 0 Å². The van der Waals surface area contributed by atoms with E-state index < -0.39 is 0 Å². The van der Waals surface area contributed by atoms with Gasteiger partial charge in [0.05, 0.1) is 7.11 Å². The van der Waals surface area contributed by atoms with Gasteiger partial charge in [-0.3, -0.25) is 0 Å². The molecule has 1 aliphatic rings. The molecule has 1 aromatic carbocycles. The van der Waals surface area contributed by atoms with E-state index in [9.17, 15) is 0 Å². The minimum atomic E-state index is 0.0592. The summed E-state index contributed by atoms with van der Waals surface area (Å²) in [5.74, 6) is 0.926. The van der Waals surface area contributed by atoms with Gasteiger partial charge in [0.15, 0.2) is 0 Å². The Bertz CT molecular complexity index is 430. The number of hydrogen-bond acceptors (Lipinski definition) is 3. The van der Waals surface area contributed by atoms with Crippen LogP contribution in [0.3, 0.4) is 0 Å². The van der Waals surface area contributed by atoms with E-state index in [0.717, 1.165) is 56.3 Å². The predicted octanol–water partition coefficient (Wildman–Crippen LogP) is 3.40. The first-order valence-electron chi connectivity index (χ1n) is 7.34. The van der Waals surface area contributed by atoms with Crippen molar-refractivity contribution >= 4 is 11.6 Å². The molecule has 1 fully saturated rings. The lowest BCUT2D eigenvalue weighted by Gasteiger charge is -2.39. The molecule has 0 bridgehead atoms. The minimum Gasteiger partial charge on any atom is -0.496 e. The molecule has 1 aromatic rings. The van der Waals surface area contributed by atoms with Crippen molar-refractivity contribution in [3.8, 4) is 5.75 Å². The van der Waals surface area contributed by atoms with Crippen LogP contribution in [0.1, 0.15) is 31.7 Å². The van der Waals surface area contributed by atoms with Crippen LogP contribution >= 0.6 is 11.6 Å². The first-order valence-corrected chi connectivity index (χ1v) is 7.72. The first-order chi connectivity index (χ1) is 9.72. The topological polar surface area (TPSA) is 30.5 Å². The highest BCUT2D eigenvalue weighted by Gasteiger charge is 2.36. The van der Waals surface area contributed by atoms with E-state index in [-0.39, 0.29) is 5.41 Å². The van der Waals surface area contributed by atoms with Crippen molar-refractivity contribution in [3.05, 3.63) is 28.8 Å². The maximum Gasteiger partial charge on any atom is 0.122 e. The average molecular weight is 298 g/mol. The molecule has 2 rings (SSSR count). The SMILES string of the molecule is CCCNCC1(c2cc(Cl)ccc2OC)CCOCC1. The van der Waals surface area contributed by atoms with Gasteiger partial charge in [-0.15, -0.1) is 0 Å². The quantitative estimate of drug-likeness (QED) is 0.817. The monoisotopic (exact) mass is 297 g/mol. The molecule has 0 radical (unpaired) electrons. The fraction of sp³-hybridized carbons (Fsp3) is 0.625. The molecule has 1 aliphatic heterocycles. The summed E-state index contributed by atoms with van der Waals surface area (Å²) >= 11 is 6.21. The first kappa shape index (κ1) is 15.6. The maximum atomic E-state index is 6.21. The Kier molecular flexibility index (Phi) is 5.70. The van der Waals surface area contributed by atoms with Crippen LogP contribution in [0.5, 0.6) is 5.75 Å². The Morgan fingerprint density at radius 1 is 1.35 bits per heavy atom. The summed E-state index contributed by atoms with van der Waals surface area (Å²) in [5.41, 5.74) is 1.27. The number of rotatable bonds is 6. The lowest BCUT2D eigenvalue weighted by molar-refractivity contribution is 0.0491. The fourth-order valence-electron chi connectivity index (χ4n) is 2.90. The number of benzene rings is 1. The Morgan fingerprint density at radius 3 is 2.75 bits per heavy atom. The number of halogens is 1. The number of ether oxygens (including phenoxy) is 2. The Morgan fingerprint density at radius 2 is 2.10 bits per heavy atom. The fourth-order valence-corrected chi connectivity index (χ4v) is 3.07. The molecule has 0 amide bonds. The molecule has 4 heteroatoms. The molecule has 0 unspecified atom stereocenters. The number of methoxy groups -OCH3 is 1. The van der Waals surface area contributed by atoms with Gasteiger partial charge in [-0.05, 0) is 44.0 Å². The minimum absolute atomic E-state index is 0.0592. The molecular formula is C16H24ClNO2. The van der Waals surface area contributed by atoms with E-state index in [1.807, 2.05) is 12.1 Å². The molecule has 1 N–H and O–H groups in total. The normalized spacial score (nSPS) is 17.9. The molecule has 20 heavy (non-hydrogen) atoms. The third-order valence-corrected chi connectivity index (χ3v) is 4.31. The van der Waals surface area contributed by atoms with E-state index in [4.69, 9.17) is 21.1 Å². The van der Waals surface area contributed by atoms with E-state index >= 15 is 0 Å². The van der Waals surface area contributed by atoms with Gasteiger partial charge in [-0.25, -0.2) is 0 Å². The van der Waals surface area contributed by atoms with Gasteiger partial charge in [0.2, 0.25) is 0 Å². The molecule has 0 spiro atoms. The summed E-state index contributed by atoms with van der Waals surface area (Å²) < 4.78 is 11.1. The number of hydrogen-bond donors (Lipinski definition) is 1. The summed E-state index contributed by atoms with van der Waals surface area (Å²) in [5, 5.41) is 4.33. The van der Waals surface area contributed by atoms with Crippen molar-refractivity contribution in [1.29, 1.82) is 0 Å². The second kappa shape index (κ2) is 7.30. The molecule has 1 saturated heterocycles. The summed E-state index contributed by atoms with van der Waals surface area (Å²) in [6, 6.07) is 5.91. The van der Waals surface area contributed by atoms with Crippen molar-refractivity contribution in [2.75, 3.05) is 33.4 Å². The lowest BCUT2D eigenvalue weighted by atomic mass is 9.73. The van der Waals surface area contributed by atoms with Crippen LogP contribution in [-0.2, 0) is 10.2 Å². The van der Waals surface area contributed by atoms with Crippen LogP contribution in [-0.4, -0.2) is 33.4 Å². The maximum absolute atomic E-state index is 6.21. The van der Waals surface area contributed by atoms with Gasteiger partial charge in [0.1, 0.15) is 5.75 Å². The van der Waals surface area contributed by atoms with E-state index in [1.54, 1.807) is 7.11 Å². The van der Waals surface area contributed by atoms with Crippen LogP contribution < -0.4 is 10.1 Å². The smallest absolute Gasteiger partial charge is 0.122 e. The second-order valence-electron chi connectivity index (χ2n) is 5.41. The summed E-state index contributed by atoms with van der Waals surface area (Å²) in [6.07, 6.45) is 3.14. The molecule has 0 atom stereocenters. The van der Waals surface area contributed by atoms with Gasteiger partial charge < -0.3 is 14.8 Å². The molecule has 1 heterocycles. The summed E-state index contributed by atoms with van der Waals surface area (Å²) in [4.78, 5) is 0. The standard InChI is InChI=1S/C16H24ClNO2/c1-3-8-18-12-16(6-9-20-10-7-16)14-11-13(17)4-5-15(14)19-2/h4-5,11,18H,3,6-10,12H2,1-2H3. The van der Waals surface area contributed by atoms with E-state index in [0.29, 0.717) is 0 Å². The van der Waals surface area contributed by atoms with Crippen molar-refractivity contribution in [2.45, 2.75) is 31.6 Å². The Hall–Kier alpha value is -0.770. The van der Waals surface area contributed by atoms with Gasteiger partial charge in [0, 0.05) is 35.8 Å². The molecule has 0 aliphatic carbocycles. The molecule has 0 aromatic heterocycles. The zero-order chi connectivity index (χ0) is 14.4. The molecule has 112 valence electrons. The van der Waals surface area contributed by atoms with E-state index in [2.05, 4.69) is 18.3 Å². The Balaban J connectivity index is 2.32. The highest BCUT2D eigenvalue weighted by Crippen LogP contribution is 2.40. The zero-order valence-electron chi connectivity index (χ0n) is 12.4. The highest BCUT2D eigenvalue weighted by atomic mass is 35.5. The van der Waals surface area contributed by atoms with Crippen LogP contribution in [0, 0.1) is 0 Å². The van der Waals surface area contributed by atoms with E-state index in [1.165, 1.54) is 5.56 Å². The van der Waals surface area contributed by atoms with Crippen molar-refractivity contribution in [1.82, 2.24) is 5.32 Å². The highest BCUT2D eigenvalue weighted by molar-refractivity contribution is 6.30. The lowest BCUT2D eigenvalue weighted by Crippen LogP contribution is -2.43. The molecule has 0 saturated carbocycles. The van der Waals surface area contributed by atoms with Crippen LogP contribution in [0.4, 0.5) is 0 Å². The van der Waals surface area contributed by atoms with Gasteiger partial charge >= 0.3 is 0 Å². The van der Waals surface area contributed by atoms with Crippen molar-refractivity contribution in [3.63, 3.8) is 0 Å². The summed E-state index contributed by atoms with van der Waals surface area (Å²) in [7, 11) is 1.72. The number of nitrogens with one attached hydrogen (secondary N) is 1. The second-order valence-corrected chi connectivity index (χ2v) is 5.85. The molecule has 3 nitrogen and oxygen atoms in total. The van der Waals surface area contributed by atoms with Gasteiger partial charge in [-0.1, -0.05) is 18.5 Å². The zero-order valence-corrected chi connectivity index (χ0v) is 13.1. The molecular weight excluding hydrogens is 274 g/mol. The predicted molar refractivity (Wildman–Crippen MR) is 82.9 cm³/mol. The van der Waals surface area contributed by atoms with Crippen LogP contribution in [0.2, 0.25) is 5.02 Å². The summed E-state index contributed by atoms with van der Waals surface area (Å²) in [6.45, 7) is 5.75. The van der Waals surface area contributed by atoms with Crippen LogP contribution in [0.25, 0.3) is 0 Å². The third kappa shape index (κ3) is 3.46.